The standard InChI is InChI=1S/C30H42O9/c1-15-9-23(35-4)30(34)26(37-15)38-21-11-17-5-6-19-25(27(17,2)13-22(21)39-30)20(31)12-28(3)18(7-8-29(19,28)33)16-10-24(32)36-14-16/h10,15,17-19,21-23,25-26,33-34H,5-9,11-14H2,1-4H3. The van der Waals surface area contributed by atoms with Gasteiger partial charge in [0.2, 0.25) is 12.1 Å². The maximum atomic E-state index is 14.2. The van der Waals surface area contributed by atoms with Gasteiger partial charge in [-0.1, -0.05) is 13.8 Å². The van der Waals surface area contributed by atoms with Crippen LogP contribution in [-0.2, 0) is 33.3 Å². The number of hydrogen-bond acceptors (Lipinski definition) is 9. The second kappa shape index (κ2) is 8.58. The Morgan fingerprint density at radius 1 is 1.05 bits per heavy atom. The van der Waals surface area contributed by atoms with E-state index in [2.05, 4.69) is 13.8 Å². The minimum Gasteiger partial charge on any atom is -0.458 e. The van der Waals surface area contributed by atoms with Crippen molar-refractivity contribution >= 4 is 11.8 Å². The Balaban J connectivity index is 1.19. The van der Waals surface area contributed by atoms with E-state index in [0.29, 0.717) is 19.3 Å². The molecule has 7 aliphatic rings. The van der Waals surface area contributed by atoms with Gasteiger partial charge in [-0.15, -0.1) is 0 Å². The van der Waals surface area contributed by atoms with E-state index in [1.807, 2.05) is 6.92 Å². The van der Waals surface area contributed by atoms with Crippen LogP contribution in [0.1, 0.15) is 72.1 Å². The van der Waals surface area contributed by atoms with Gasteiger partial charge in [-0.3, -0.25) is 4.79 Å². The number of aliphatic hydroxyl groups is 2. The maximum Gasteiger partial charge on any atom is 0.331 e. The quantitative estimate of drug-likeness (QED) is 0.398. The summed E-state index contributed by atoms with van der Waals surface area (Å²) >= 11 is 0. The molecule has 0 bridgehead atoms. The van der Waals surface area contributed by atoms with E-state index < -0.39 is 35.3 Å². The molecule has 13 atom stereocenters. The third-order valence-corrected chi connectivity index (χ3v) is 12.3. The van der Waals surface area contributed by atoms with Gasteiger partial charge in [-0.2, -0.15) is 0 Å². The molecule has 0 radical (unpaired) electrons. The molecule has 0 aromatic heterocycles. The lowest BCUT2D eigenvalue weighted by Crippen LogP contribution is -2.71. The van der Waals surface area contributed by atoms with Crippen LogP contribution in [0.25, 0.3) is 0 Å². The molecule has 13 unspecified atom stereocenters. The first-order valence-corrected chi connectivity index (χ1v) is 14.8. The fraction of sp³-hybridized carbons (Fsp3) is 0.867. The first-order valence-electron chi connectivity index (χ1n) is 14.8. The van der Waals surface area contributed by atoms with Crippen LogP contribution in [0, 0.1) is 34.5 Å². The van der Waals surface area contributed by atoms with Crippen LogP contribution in [0.3, 0.4) is 0 Å². The molecule has 6 fully saturated rings. The summed E-state index contributed by atoms with van der Waals surface area (Å²) in [6.07, 6.45) is 4.45. The van der Waals surface area contributed by atoms with Crippen molar-refractivity contribution in [3.63, 3.8) is 0 Å². The number of carbonyl (C=O) groups is 2. The number of fused-ring (bicyclic) bond motifs is 7. The Morgan fingerprint density at radius 2 is 1.85 bits per heavy atom. The van der Waals surface area contributed by atoms with Crippen molar-refractivity contribution in [2.24, 2.45) is 34.5 Å². The van der Waals surface area contributed by atoms with Gasteiger partial charge in [0.05, 0.1) is 23.9 Å². The van der Waals surface area contributed by atoms with Gasteiger partial charge in [0, 0.05) is 37.4 Å². The highest BCUT2D eigenvalue weighted by atomic mass is 16.8. The highest BCUT2D eigenvalue weighted by Crippen LogP contribution is 2.69. The second-order valence-electron chi connectivity index (χ2n) is 14.0. The number of rotatable bonds is 2. The van der Waals surface area contributed by atoms with E-state index in [4.69, 9.17) is 23.7 Å². The number of hydrogen-bond donors (Lipinski definition) is 2. The van der Waals surface area contributed by atoms with E-state index in [-0.39, 0.29) is 66.1 Å². The van der Waals surface area contributed by atoms with E-state index >= 15 is 0 Å². The summed E-state index contributed by atoms with van der Waals surface area (Å²) < 4.78 is 29.6. The topological polar surface area (TPSA) is 121 Å². The average Bonchev–Trinajstić information content (AvgIpc) is 3.41. The summed E-state index contributed by atoms with van der Waals surface area (Å²) in [5.74, 6) is -2.08. The molecule has 3 aliphatic heterocycles. The summed E-state index contributed by atoms with van der Waals surface area (Å²) in [5.41, 5.74) is -1.09. The molecule has 4 aliphatic carbocycles. The first-order chi connectivity index (χ1) is 18.4. The van der Waals surface area contributed by atoms with Crippen LogP contribution < -0.4 is 0 Å². The molecular weight excluding hydrogens is 504 g/mol. The lowest BCUT2D eigenvalue weighted by molar-refractivity contribution is -0.459. The Labute approximate surface area is 229 Å². The van der Waals surface area contributed by atoms with Crippen molar-refractivity contribution < 1.29 is 43.5 Å². The molecular formula is C30H42O9. The van der Waals surface area contributed by atoms with Crippen LogP contribution in [0.15, 0.2) is 11.6 Å². The van der Waals surface area contributed by atoms with Gasteiger partial charge in [-0.25, -0.2) is 4.79 Å². The SMILES string of the molecule is COC1CC(C)OC2OC3CC4CCC5C(C(=O)CC6(C)C(C7=CC(=O)OC7)CCC56O)C4(C)CC3OC12O. The van der Waals surface area contributed by atoms with E-state index in [9.17, 15) is 19.8 Å². The molecule has 9 nitrogen and oxygen atoms in total. The van der Waals surface area contributed by atoms with Crippen LogP contribution >= 0.6 is 0 Å². The van der Waals surface area contributed by atoms with E-state index in [1.165, 1.54) is 0 Å². The van der Waals surface area contributed by atoms with Gasteiger partial charge in [0.25, 0.3) is 0 Å². The molecule has 216 valence electrons. The lowest BCUT2D eigenvalue weighted by Gasteiger charge is -2.64. The molecule has 4 saturated carbocycles. The Bertz CT molecular complexity index is 1110. The van der Waals surface area contributed by atoms with E-state index in [0.717, 1.165) is 31.3 Å². The number of ether oxygens (including phenoxy) is 5. The van der Waals surface area contributed by atoms with Gasteiger partial charge in [0.1, 0.15) is 18.5 Å². The minimum absolute atomic E-state index is 0.0407. The van der Waals surface area contributed by atoms with E-state index in [1.54, 1.807) is 13.2 Å². The predicted octanol–water partition coefficient (Wildman–Crippen LogP) is 2.65. The van der Waals surface area contributed by atoms with Crippen molar-refractivity contribution in [1.29, 1.82) is 0 Å². The maximum absolute atomic E-state index is 14.2. The number of methoxy groups -OCH3 is 1. The molecule has 0 spiro atoms. The molecule has 7 rings (SSSR count). The molecule has 0 aromatic carbocycles. The summed E-state index contributed by atoms with van der Waals surface area (Å²) in [7, 11) is 1.56. The van der Waals surface area contributed by atoms with Crippen molar-refractivity contribution in [3.8, 4) is 0 Å². The summed E-state index contributed by atoms with van der Waals surface area (Å²) in [6, 6.07) is 0. The van der Waals surface area contributed by atoms with Gasteiger partial charge in [0.15, 0.2) is 0 Å². The lowest BCUT2D eigenvalue weighted by atomic mass is 9.42. The highest BCUT2D eigenvalue weighted by molar-refractivity contribution is 5.86. The van der Waals surface area contributed by atoms with Crippen molar-refractivity contribution in [2.45, 2.75) is 114 Å². The second-order valence-corrected chi connectivity index (χ2v) is 14.0. The normalized spacial score (nSPS) is 56.5. The number of cyclic esters (lactones) is 1. The number of Topliss-reactive ketones (excluding diaryl/α,β-unsaturated/α-hetero) is 1. The van der Waals surface area contributed by atoms with Crippen molar-refractivity contribution in [2.75, 3.05) is 13.7 Å². The smallest absolute Gasteiger partial charge is 0.331 e. The Morgan fingerprint density at radius 3 is 2.56 bits per heavy atom. The fourth-order valence-corrected chi connectivity index (χ4v) is 10.4. The van der Waals surface area contributed by atoms with Crippen molar-refractivity contribution in [3.05, 3.63) is 11.6 Å². The molecule has 0 aromatic rings. The predicted molar refractivity (Wildman–Crippen MR) is 136 cm³/mol. The zero-order chi connectivity index (χ0) is 27.5. The van der Waals surface area contributed by atoms with Crippen LogP contribution in [-0.4, -0.2) is 77.8 Å². The van der Waals surface area contributed by atoms with Gasteiger partial charge < -0.3 is 33.9 Å². The third kappa shape index (κ3) is 3.47. The number of ketones is 1. The zero-order valence-corrected chi connectivity index (χ0v) is 23.4. The number of esters is 1. The van der Waals surface area contributed by atoms with Gasteiger partial charge >= 0.3 is 5.97 Å². The molecule has 2 N–H and O–H groups in total. The summed E-state index contributed by atoms with van der Waals surface area (Å²) in [4.78, 5) is 26.0. The van der Waals surface area contributed by atoms with Crippen LogP contribution in [0.2, 0.25) is 0 Å². The largest absolute Gasteiger partial charge is 0.458 e. The molecule has 0 amide bonds. The third-order valence-electron chi connectivity index (χ3n) is 12.3. The molecule has 39 heavy (non-hydrogen) atoms. The highest BCUT2D eigenvalue weighted by Gasteiger charge is 2.71. The summed E-state index contributed by atoms with van der Waals surface area (Å²) in [6.45, 7) is 6.44. The Hall–Kier alpha value is -1.36. The Kier molecular flexibility index (Phi) is 5.84. The molecule has 3 heterocycles. The van der Waals surface area contributed by atoms with Crippen LogP contribution in [0.4, 0.5) is 0 Å². The zero-order valence-electron chi connectivity index (χ0n) is 23.4. The molecule has 2 saturated heterocycles. The first kappa shape index (κ1) is 26.5. The fourth-order valence-electron chi connectivity index (χ4n) is 10.4. The number of carbonyl (C=O) groups excluding carboxylic acids is 2. The van der Waals surface area contributed by atoms with Crippen LogP contribution in [0.5, 0.6) is 0 Å². The monoisotopic (exact) mass is 546 g/mol. The average molecular weight is 547 g/mol. The van der Waals surface area contributed by atoms with Gasteiger partial charge in [-0.05, 0) is 74.2 Å². The summed E-state index contributed by atoms with van der Waals surface area (Å²) in [5, 5.41) is 24.0. The molecule has 9 heteroatoms. The van der Waals surface area contributed by atoms with Crippen molar-refractivity contribution in [1.82, 2.24) is 0 Å². The minimum atomic E-state index is -1.71.